The first-order valence-corrected chi connectivity index (χ1v) is 12.6. The molecular formula is C22H27Cl2NO6S. The molecule has 0 radical (unpaired) electrons. The van der Waals surface area contributed by atoms with Gasteiger partial charge in [0.15, 0.2) is 5.75 Å². The van der Waals surface area contributed by atoms with E-state index in [1.54, 1.807) is 12.1 Å². The Morgan fingerprint density at radius 3 is 2.28 bits per heavy atom. The summed E-state index contributed by atoms with van der Waals surface area (Å²) < 4.78 is 38.4. The molecule has 0 spiro atoms. The molecule has 3 N–H and O–H groups in total. The molecule has 1 aliphatic rings. The summed E-state index contributed by atoms with van der Waals surface area (Å²) in [6.45, 7) is 5.19. The van der Waals surface area contributed by atoms with E-state index < -0.39 is 21.5 Å². The lowest BCUT2D eigenvalue weighted by molar-refractivity contribution is 0.105. The third kappa shape index (κ3) is 6.97. The standard InChI is InChI=1S/C22H27Cl2NO6S/c1-22(2,15-9-19(23)21(20(24)10-15)31-13-18-12-30-18)14-3-5-17(6-4-14)29-11-16(26)7-8-32(25,27)28/h3-6,9-10,16,18,26H,7-8,11-13H2,1-2H3,(H2,25,27,28)/t16-,18-/m1/s1. The fraction of sp³-hybridized carbons (Fsp3) is 0.455. The van der Waals surface area contributed by atoms with Crippen LogP contribution in [-0.2, 0) is 20.2 Å². The fourth-order valence-electron chi connectivity index (χ4n) is 3.11. The molecule has 7 nitrogen and oxygen atoms in total. The van der Waals surface area contributed by atoms with E-state index in [-0.39, 0.29) is 24.9 Å². The van der Waals surface area contributed by atoms with Crippen molar-refractivity contribution in [3.63, 3.8) is 0 Å². The Bertz CT molecular complexity index is 1020. The number of epoxide rings is 1. The largest absolute Gasteiger partial charge is 0.491 e. The molecule has 0 aromatic heterocycles. The summed E-state index contributed by atoms with van der Waals surface area (Å²) in [7, 11) is -3.61. The van der Waals surface area contributed by atoms with Gasteiger partial charge >= 0.3 is 0 Å². The first kappa shape index (κ1) is 25.1. The predicted octanol–water partition coefficient (Wildman–Crippen LogP) is 3.52. The van der Waals surface area contributed by atoms with Gasteiger partial charge in [0.25, 0.3) is 0 Å². The zero-order valence-corrected chi connectivity index (χ0v) is 20.2. The Morgan fingerprint density at radius 1 is 1.16 bits per heavy atom. The van der Waals surface area contributed by atoms with E-state index in [9.17, 15) is 13.5 Å². The van der Waals surface area contributed by atoms with Crippen molar-refractivity contribution in [3.05, 3.63) is 57.6 Å². The second kappa shape index (κ2) is 10.2. The zero-order chi connectivity index (χ0) is 23.5. The lowest BCUT2D eigenvalue weighted by atomic mass is 9.78. The molecule has 0 saturated carbocycles. The van der Waals surface area contributed by atoms with Crippen LogP contribution in [0.5, 0.6) is 11.5 Å². The monoisotopic (exact) mass is 503 g/mol. The number of aliphatic hydroxyl groups excluding tert-OH is 1. The molecule has 176 valence electrons. The van der Waals surface area contributed by atoms with Gasteiger partial charge < -0.3 is 19.3 Å². The minimum atomic E-state index is -3.61. The molecule has 10 heteroatoms. The van der Waals surface area contributed by atoms with Gasteiger partial charge in [-0.05, 0) is 41.8 Å². The lowest BCUT2D eigenvalue weighted by Gasteiger charge is -2.27. The van der Waals surface area contributed by atoms with Gasteiger partial charge in [-0.25, -0.2) is 13.6 Å². The Balaban J connectivity index is 1.65. The Hall–Kier alpha value is -1.55. The maximum absolute atomic E-state index is 11.0. The highest BCUT2D eigenvalue weighted by molar-refractivity contribution is 7.89. The van der Waals surface area contributed by atoms with E-state index in [0.717, 1.165) is 11.1 Å². The molecule has 2 aromatic carbocycles. The van der Waals surface area contributed by atoms with Crippen LogP contribution in [-0.4, -0.2) is 51.3 Å². The Morgan fingerprint density at radius 2 is 1.75 bits per heavy atom. The maximum Gasteiger partial charge on any atom is 0.209 e. The summed E-state index contributed by atoms with van der Waals surface area (Å²) >= 11 is 12.9. The Kier molecular flexibility index (Phi) is 7.96. The molecule has 0 aliphatic carbocycles. The number of aliphatic hydroxyl groups is 1. The zero-order valence-electron chi connectivity index (χ0n) is 17.9. The number of hydrogen-bond donors (Lipinski definition) is 2. The van der Waals surface area contributed by atoms with Crippen molar-refractivity contribution in [2.45, 2.75) is 37.9 Å². The highest BCUT2D eigenvalue weighted by Gasteiger charge is 2.27. The average Bonchev–Trinajstić information content (AvgIpc) is 3.54. The molecule has 2 atom stereocenters. The molecule has 1 heterocycles. The molecule has 1 fully saturated rings. The van der Waals surface area contributed by atoms with E-state index in [2.05, 4.69) is 13.8 Å². The van der Waals surface area contributed by atoms with Crippen LogP contribution in [0.1, 0.15) is 31.4 Å². The summed E-state index contributed by atoms with van der Waals surface area (Å²) in [6, 6.07) is 11.1. The van der Waals surface area contributed by atoms with Crippen LogP contribution >= 0.6 is 23.2 Å². The van der Waals surface area contributed by atoms with Gasteiger partial charge in [0.2, 0.25) is 10.0 Å². The molecule has 0 unspecified atom stereocenters. The summed E-state index contributed by atoms with van der Waals surface area (Å²) in [6.07, 6.45) is -0.812. The summed E-state index contributed by atoms with van der Waals surface area (Å²) in [5.41, 5.74) is 1.53. The van der Waals surface area contributed by atoms with Crippen LogP contribution in [0, 0.1) is 0 Å². The van der Waals surface area contributed by atoms with E-state index in [1.165, 1.54) is 0 Å². The van der Waals surface area contributed by atoms with Crippen LogP contribution in [0.15, 0.2) is 36.4 Å². The normalized spacial score (nSPS) is 17.1. The number of rotatable bonds is 11. The predicted molar refractivity (Wildman–Crippen MR) is 124 cm³/mol. The van der Waals surface area contributed by atoms with Crippen molar-refractivity contribution in [1.82, 2.24) is 0 Å². The van der Waals surface area contributed by atoms with Crippen LogP contribution in [0.4, 0.5) is 0 Å². The van der Waals surface area contributed by atoms with Gasteiger partial charge in [-0.1, -0.05) is 49.2 Å². The van der Waals surface area contributed by atoms with Crippen molar-refractivity contribution in [2.75, 3.05) is 25.6 Å². The lowest BCUT2D eigenvalue weighted by Crippen LogP contribution is -2.24. The highest BCUT2D eigenvalue weighted by Crippen LogP contribution is 2.41. The van der Waals surface area contributed by atoms with Gasteiger partial charge in [-0.15, -0.1) is 0 Å². The third-order valence-corrected chi connectivity index (χ3v) is 6.66. The third-order valence-electron chi connectivity index (χ3n) is 5.29. The van der Waals surface area contributed by atoms with E-state index in [0.29, 0.717) is 34.8 Å². The van der Waals surface area contributed by atoms with Crippen molar-refractivity contribution in [3.8, 4) is 11.5 Å². The van der Waals surface area contributed by atoms with Gasteiger partial charge in [0, 0.05) is 5.41 Å². The number of benzene rings is 2. The molecule has 0 bridgehead atoms. The molecule has 2 aromatic rings. The van der Waals surface area contributed by atoms with Crippen molar-refractivity contribution in [1.29, 1.82) is 0 Å². The fourth-order valence-corrected chi connectivity index (χ4v) is 4.31. The average molecular weight is 504 g/mol. The number of nitrogens with two attached hydrogens (primary N) is 1. The molecular weight excluding hydrogens is 477 g/mol. The minimum Gasteiger partial charge on any atom is -0.491 e. The van der Waals surface area contributed by atoms with Crippen molar-refractivity contribution >= 4 is 33.2 Å². The number of ether oxygens (including phenoxy) is 3. The van der Waals surface area contributed by atoms with Crippen molar-refractivity contribution in [2.24, 2.45) is 5.14 Å². The van der Waals surface area contributed by atoms with Crippen LogP contribution in [0.2, 0.25) is 10.0 Å². The number of primary sulfonamides is 1. The van der Waals surface area contributed by atoms with Crippen LogP contribution < -0.4 is 14.6 Å². The second-order valence-corrected chi connectivity index (χ2v) is 10.9. The molecule has 3 rings (SSSR count). The van der Waals surface area contributed by atoms with Gasteiger partial charge in [-0.3, -0.25) is 0 Å². The van der Waals surface area contributed by atoms with E-state index in [1.807, 2.05) is 24.3 Å². The summed E-state index contributed by atoms with van der Waals surface area (Å²) in [5.74, 6) is 0.711. The first-order valence-electron chi connectivity index (χ1n) is 10.1. The minimum absolute atomic E-state index is 0.0128. The topological polar surface area (TPSA) is 111 Å². The van der Waals surface area contributed by atoms with Crippen LogP contribution in [0.3, 0.4) is 0 Å². The highest BCUT2D eigenvalue weighted by atomic mass is 35.5. The maximum atomic E-state index is 11.0. The van der Waals surface area contributed by atoms with E-state index >= 15 is 0 Å². The van der Waals surface area contributed by atoms with Gasteiger partial charge in [0.1, 0.15) is 25.1 Å². The molecule has 0 amide bonds. The van der Waals surface area contributed by atoms with Crippen LogP contribution in [0.25, 0.3) is 0 Å². The van der Waals surface area contributed by atoms with Crippen molar-refractivity contribution < 1.29 is 27.7 Å². The molecule has 32 heavy (non-hydrogen) atoms. The van der Waals surface area contributed by atoms with E-state index in [4.69, 9.17) is 42.6 Å². The molecule has 1 aliphatic heterocycles. The summed E-state index contributed by atoms with van der Waals surface area (Å²) in [5, 5.41) is 15.7. The number of hydrogen-bond acceptors (Lipinski definition) is 6. The number of sulfonamides is 1. The summed E-state index contributed by atoms with van der Waals surface area (Å²) in [4.78, 5) is 0. The van der Waals surface area contributed by atoms with Gasteiger partial charge in [0.05, 0.1) is 28.5 Å². The molecule has 1 saturated heterocycles. The van der Waals surface area contributed by atoms with Gasteiger partial charge in [-0.2, -0.15) is 0 Å². The first-order chi connectivity index (χ1) is 15.0. The Labute approximate surface area is 198 Å². The smallest absolute Gasteiger partial charge is 0.209 e. The number of halogens is 2. The quantitative estimate of drug-likeness (QED) is 0.453. The second-order valence-electron chi connectivity index (χ2n) is 8.31. The SMILES string of the molecule is CC(C)(c1ccc(OC[C@H](O)CCS(N)(=O)=O)cc1)c1cc(Cl)c(OC[C@H]2CO2)c(Cl)c1.